The first-order valence-electron chi connectivity index (χ1n) is 5.99. The van der Waals surface area contributed by atoms with Crippen LogP contribution in [0.15, 0.2) is 18.2 Å². The summed E-state index contributed by atoms with van der Waals surface area (Å²) in [6.45, 7) is 1.98. The topological polar surface area (TPSA) is 26.0 Å². The van der Waals surface area contributed by atoms with E-state index in [1.165, 1.54) is 0 Å². The molecule has 1 aromatic carbocycles. The van der Waals surface area contributed by atoms with Crippen molar-refractivity contribution in [2.75, 3.05) is 0 Å². The number of hydrogen-bond acceptors (Lipinski definition) is 1. The van der Waals surface area contributed by atoms with Crippen LogP contribution in [0.2, 0.25) is 0 Å². The van der Waals surface area contributed by atoms with Crippen LogP contribution in [0.3, 0.4) is 0 Å². The molecule has 0 bridgehead atoms. The summed E-state index contributed by atoms with van der Waals surface area (Å²) in [6, 6.07) is 2.04. The zero-order valence-corrected chi connectivity index (χ0v) is 11.5. The van der Waals surface area contributed by atoms with E-state index in [2.05, 4.69) is 0 Å². The molecule has 0 aliphatic carbocycles. The second-order valence-electron chi connectivity index (χ2n) is 4.30. The van der Waals surface area contributed by atoms with Crippen molar-refractivity contribution in [2.24, 2.45) is 5.73 Å². The molecule has 0 heterocycles. The lowest BCUT2D eigenvalue weighted by Crippen LogP contribution is -2.19. The molecule has 0 radical (unpaired) electrons. The fourth-order valence-corrected chi connectivity index (χ4v) is 1.92. The zero-order valence-electron chi connectivity index (χ0n) is 10.6. The molecule has 0 aromatic heterocycles. The smallest absolute Gasteiger partial charge is 0.324 e. The maximum absolute atomic E-state index is 13.6. The molecule has 1 rings (SSSR count). The van der Waals surface area contributed by atoms with Crippen LogP contribution in [-0.2, 0) is 6.18 Å². The highest BCUT2D eigenvalue weighted by molar-refractivity contribution is 5.85. The van der Waals surface area contributed by atoms with E-state index in [-0.39, 0.29) is 12.4 Å². The van der Waals surface area contributed by atoms with Crippen LogP contribution in [-0.4, -0.2) is 0 Å². The third-order valence-corrected chi connectivity index (χ3v) is 2.85. The Kier molecular flexibility index (Phi) is 7.37. The summed E-state index contributed by atoms with van der Waals surface area (Å²) < 4.78 is 51.8. The number of benzene rings is 1. The molecule has 0 saturated carbocycles. The number of alkyl halides is 3. The van der Waals surface area contributed by atoms with E-state index in [4.69, 9.17) is 5.73 Å². The number of unbranched alkanes of at least 4 members (excludes halogenated alkanes) is 2. The number of hydrogen-bond donors (Lipinski definition) is 1. The van der Waals surface area contributed by atoms with Gasteiger partial charge in [-0.2, -0.15) is 13.2 Å². The lowest BCUT2D eigenvalue weighted by atomic mass is 9.95. The van der Waals surface area contributed by atoms with E-state index >= 15 is 0 Å². The van der Waals surface area contributed by atoms with Gasteiger partial charge >= 0.3 is 6.18 Å². The van der Waals surface area contributed by atoms with Crippen molar-refractivity contribution in [3.63, 3.8) is 0 Å². The normalized spacial score (nSPS) is 12.9. The molecule has 0 amide bonds. The van der Waals surface area contributed by atoms with Gasteiger partial charge in [-0.15, -0.1) is 12.4 Å². The molecule has 1 aromatic rings. The van der Waals surface area contributed by atoms with Crippen LogP contribution in [0.25, 0.3) is 0 Å². The maximum Gasteiger partial charge on any atom is 0.416 e. The second-order valence-corrected chi connectivity index (χ2v) is 4.30. The molecule has 0 saturated heterocycles. The van der Waals surface area contributed by atoms with Crippen molar-refractivity contribution < 1.29 is 17.6 Å². The molecule has 0 unspecified atom stereocenters. The molecular formula is C13H18ClF4N. The van der Waals surface area contributed by atoms with Crippen LogP contribution < -0.4 is 5.73 Å². The minimum atomic E-state index is -4.57. The molecule has 6 heteroatoms. The van der Waals surface area contributed by atoms with Gasteiger partial charge in [0.2, 0.25) is 0 Å². The Bertz CT molecular complexity index is 393. The van der Waals surface area contributed by atoms with E-state index in [9.17, 15) is 17.6 Å². The lowest BCUT2D eigenvalue weighted by Gasteiger charge is -2.19. The summed E-state index contributed by atoms with van der Waals surface area (Å²) >= 11 is 0. The zero-order chi connectivity index (χ0) is 13.8. The van der Waals surface area contributed by atoms with Gasteiger partial charge < -0.3 is 5.73 Å². The first kappa shape index (κ1) is 18.2. The predicted molar refractivity (Wildman–Crippen MR) is 69.7 cm³/mol. The van der Waals surface area contributed by atoms with Gasteiger partial charge in [0.25, 0.3) is 0 Å². The molecular weight excluding hydrogens is 282 g/mol. The average molecular weight is 300 g/mol. The Hall–Kier alpha value is -0.810. The van der Waals surface area contributed by atoms with Gasteiger partial charge in [-0.05, 0) is 18.6 Å². The van der Waals surface area contributed by atoms with Crippen molar-refractivity contribution in [1.29, 1.82) is 0 Å². The van der Waals surface area contributed by atoms with Gasteiger partial charge in [-0.25, -0.2) is 4.39 Å². The SMILES string of the molecule is CCCCC[C@H](N)c1c(F)cccc1C(F)(F)F.Cl. The molecule has 110 valence electrons. The molecule has 1 atom stereocenters. The highest BCUT2D eigenvalue weighted by Crippen LogP contribution is 2.36. The van der Waals surface area contributed by atoms with E-state index in [1.54, 1.807) is 0 Å². The second kappa shape index (κ2) is 7.70. The summed E-state index contributed by atoms with van der Waals surface area (Å²) in [5, 5.41) is 0. The molecule has 0 spiro atoms. The van der Waals surface area contributed by atoms with Gasteiger partial charge in [0, 0.05) is 11.6 Å². The van der Waals surface area contributed by atoms with Crippen molar-refractivity contribution in [2.45, 2.75) is 44.8 Å². The fourth-order valence-electron chi connectivity index (χ4n) is 1.92. The molecule has 0 aliphatic heterocycles. The summed E-state index contributed by atoms with van der Waals surface area (Å²) in [5.41, 5.74) is 4.31. The van der Waals surface area contributed by atoms with Crippen molar-refractivity contribution in [1.82, 2.24) is 0 Å². The Morgan fingerprint density at radius 1 is 1.21 bits per heavy atom. The summed E-state index contributed by atoms with van der Waals surface area (Å²) in [7, 11) is 0. The standard InChI is InChI=1S/C13H17F4N.ClH/c1-2-3-4-8-11(18)12-9(13(15,16)17)6-5-7-10(12)14;/h5-7,11H,2-4,8,18H2,1H3;1H/t11-;/m0./s1. The highest BCUT2D eigenvalue weighted by Gasteiger charge is 2.35. The summed E-state index contributed by atoms with van der Waals surface area (Å²) in [6.07, 6.45) is -1.69. The monoisotopic (exact) mass is 299 g/mol. The van der Waals surface area contributed by atoms with Crippen molar-refractivity contribution >= 4 is 12.4 Å². The van der Waals surface area contributed by atoms with Gasteiger partial charge in [0.1, 0.15) is 5.82 Å². The lowest BCUT2D eigenvalue weighted by molar-refractivity contribution is -0.138. The Labute approximate surface area is 116 Å². The molecule has 2 N–H and O–H groups in total. The molecule has 1 nitrogen and oxygen atoms in total. The fraction of sp³-hybridized carbons (Fsp3) is 0.538. The number of rotatable bonds is 5. The van der Waals surface area contributed by atoms with Crippen LogP contribution in [0.1, 0.15) is 49.8 Å². The highest BCUT2D eigenvalue weighted by atomic mass is 35.5. The van der Waals surface area contributed by atoms with E-state index in [1.807, 2.05) is 6.92 Å². The summed E-state index contributed by atoms with van der Waals surface area (Å²) in [4.78, 5) is 0. The van der Waals surface area contributed by atoms with E-state index in [0.717, 1.165) is 31.0 Å². The molecule has 0 aliphatic rings. The molecule has 19 heavy (non-hydrogen) atoms. The summed E-state index contributed by atoms with van der Waals surface area (Å²) in [5.74, 6) is -0.881. The van der Waals surface area contributed by atoms with Gasteiger partial charge in [-0.3, -0.25) is 0 Å². The van der Waals surface area contributed by atoms with E-state index in [0.29, 0.717) is 12.8 Å². The van der Waals surface area contributed by atoms with Gasteiger partial charge in [-0.1, -0.05) is 32.3 Å². The largest absolute Gasteiger partial charge is 0.416 e. The third-order valence-electron chi connectivity index (χ3n) is 2.85. The number of halogens is 5. The Morgan fingerprint density at radius 2 is 1.84 bits per heavy atom. The molecule has 0 fully saturated rings. The average Bonchev–Trinajstić information content (AvgIpc) is 2.27. The third kappa shape index (κ3) is 4.99. The Morgan fingerprint density at radius 3 is 2.37 bits per heavy atom. The maximum atomic E-state index is 13.6. The number of nitrogens with two attached hydrogens (primary N) is 1. The van der Waals surface area contributed by atoms with Crippen LogP contribution >= 0.6 is 12.4 Å². The van der Waals surface area contributed by atoms with Gasteiger partial charge in [0.05, 0.1) is 5.56 Å². The minimum Gasteiger partial charge on any atom is -0.324 e. The first-order valence-corrected chi connectivity index (χ1v) is 5.99. The van der Waals surface area contributed by atoms with Crippen molar-refractivity contribution in [3.05, 3.63) is 35.1 Å². The minimum absolute atomic E-state index is 0. The first-order chi connectivity index (χ1) is 8.38. The van der Waals surface area contributed by atoms with Crippen LogP contribution in [0, 0.1) is 5.82 Å². The Balaban J connectivity index is 0.00000324. The van der Waals surface area contributed by atoms with Crippen LogP contribution in [0.5, 0.6) is 0 Å². The van der Waals surface area contributed by atoms with E-state index < -0.39 is 29.2 Å². The van der Waals surface area contributed by atoms with Crippen LogP contribution in [0.4, 0.5) is 17.6 Å². The quantitative estimate of drug-likeness (QED) is 0.610. The van der Waals surface area contributed by atoms with Crippen molar-refractivity contribution in [3.8, 4) is 0 Å². The predicted octanol–water partition coefficient (Wildman–Crippen LogP) is 4.85. The van der Waals surface area contributed by atoms with Gasteiger partial charge in [0.15, 0.2) is 0 Å².